The van der Waals surface area contributed by atoms with Gasteiger partial charge in [-0.1, -0.05) is 0 Å². The van der Waals surface area contributed by atoms with Crippen molar-refractivity contribution in [3.8, 4) is 5.75 Å². The highest BCUT2D eigenvalue weighted by atomic mass is 32.1. The average molecular weight is 379 g/mol. The minimum Gasteiger partial charge on any atom is -0.494 e. The van der Waals surface area contributed by atoms with Crippen LogP contribution in [-0.2, 0) is 9.53 Å². The van der Waals surface area contributed by atoms with Crippen molar-refractivity contribution in [2.45, 2.75) is 20.8 Å². The number of ether oxygens (including phenoxy) is 2. The maximum Gasteiger partial charge on any atom is 0.341 e. The maximum absolute atomic E-state index is 13.7. The number of hydrogen-bond acceptors (Lipinski definition) is 6. The normalized spacial score (nSPS) is 10.3. The Kier molecular flexibility index (Phi) is 6.10. The maximum atomic E-state index is 13.7. The monoisotopic (exact) mass is 379 g/mol. The lowest BCUT2D eigenvalue weighted by Gasteiger charge is -2.08. The topological polar surface area (TPSA) is 81.7 Å². The summed E-state index contributed by atoms with van der Waals surface area (Å²) in [6, 6.07) is 3.74. The zero-order valence-corrected chi connectivity index (χ0v) is 15.6. The molecule has 0 saturated heterocycles. The number of carbonyl (C=O) groups is 3. The molecule has 0 unspecified atom stereocenters. The van der Waals surface area contributed by atoms with E-state index in [2.05, 4.69) is 5.32 Å². The van der Waals surface area contributed by atoms with E-state index in [1.54, 1.807) is 6.92 Å². The molecule has 0 saturated carbocycles. The second kappa shape index (κ2) is 8.09. The fourth-order valence-corrected chi connectivity index (χ4v) is 3.34. The summed E-state index contributed by atoms with van der Waals surface area (Å²) in [7, 11) is 1.32. The Bertz CT molecular complexity index is 875. The number of thiophene rings is 1. The van der Waals surface area contributed by atoms with Crippen molar-refractivity contribution in [3.63, 3.8) is 0 Å². The predicted octanol–water partition coefficient (Wildman–Crippen LogP) is 3.51. The molecule has 0 spiro atoms. The second-order valence-electron chi connectivity index (χ2n) is 5.52. The molecule has 0 aliphatic heterocycles. The number of amides is 1. The van der Waals surface area contributed by atoms with Gasteiger partial charge in [-0.3, -0.25) is 9.59 Å². The standard InChI is InChI=1S/C18H18FNO5S/c1-9-10(2)26-17(20-11(3)21)16(9)18(23)25-8-14(22)12-5-6-15(24-4)13(19)7-12/h5-7H,8H2,1-4H3,(H,20,21). The van der Waals surface area contributed by atoms with Crippen LogP contribution in [0.4, 0.5) is 9.39 Å². The van der Waals surface area contributed by atoms with Gasteiger partial charge < -0.3 is 14.8 Å². The molecule has 0 atom stereocenters. The van der Waals surface area contributed by atoms with Gasteiger partial charge in [0.15, 0.2) is 24.0 Å². The molecule has 1 heterocycles. The van der Waals surface area contributed by atoms with Gasteiger partial charge in [-0.2, -0.15) is 0 Å². The summed E-state index contributed by atoms with van der Waals surface area (Å²) in [5, 5.41) is 2.96. The summed E-state index contributed by atoms with van der Waals surface area (Å²) in [6.07, 6.45) is 0. The zero-order valence-electron chi connectivity index (χ0n) is 14.8. The Morgan fingerprint density at radius 1 is 1.23 bits per heavy atom. The molecule has 1 aromatic heterocycles. The van der Waals surface area contributed by atoms with Crippen LogP contribution in [0, 0.1) is 19.7 Å². The van der Waals surface area contributed by atoms with Crippen molar-refractivity contribution < 1.29 is 28.2 Å². The van der Waals surface area contributed by atoms with Crippen LogP contribution in [-0.4, -0.2) is 31.4 Å². The van der Waals surface area contributed by atoms with Gasteiger partial charge in [0, 0.05) is 17.4 Å². The van der Waals surface area contributed by atoms with E-state index in [0.717, 1.165) is 10.9 Å². The fraction of sp³-hybridized carbons (Fsp3) is 0.278. The second-order valence-corrected chi connectivity index (χ2v) is 6.74. The third-order valence-electron chi connectivity index (χ3n) is 3.69. The molecule has 0 aliphatic rings. The molecular formula is C18H18FNO5S. The molecule has 1 amide bonds. The summed E-state index contributed by atoms with van der Waals surface area (Å²) < 4.78 is 23.5. The number of benzene rings is 1. The Balaban J connectivity index is 2.12. The Morgan fingerprint density at radius 2 is 1.92 bits per heavy atom. The summed E-state index contributed by atoms with van der Waals surface area (Å²) in [5.41, 5.74) is 0.958. The minimum absolute atomic E-state index is 0.0165. The van der Waals surface area contributed by atoms with Crippen molar-refractivity contribution in [3.05, 3.63) is 45.6 Å². The number of rotatable bonds is 6. The molecule has 0 fully saturated rings. The Labute approximate surface area is 153 Å². The lowest BCUT2D eigenvalue weighted by molar-refractivity contribution is -0.114. The molecule has 138 valence electrons. The van der Waals surface area contributed by atoms with Crippen molar-refractivity contribution in [2.75, 3.05) is 19.0 Å². The molecular weight excluding hydrogens is 361 g/mol. The minimum atomic E-state index is -0.724. The molecule has 2 aromatic rings. The van der Waals surface area contributed by atoms with E-state index in [9.17, 15) is 18.8 Å². The first kappa shape index (κ1) is 19.6. The number of esters is 1. The van der Waals surface area contributed by atoms with Crippen LogP contribution in [0.5, 0.6) is 5.75 Å². The van der Waals surface area contributed by atoms with Crippen LogP contribution in [0.2, 0.25) is 0 Å². The van der Waals surface area contributed by atoms with Gasteiger partial charge in [0.1, 0.15) is 5.00 Å². The van der Waals surface area contributed by atoms with Gasteiger partial charge in [-0.15, -0.1) is 11.3 Å². The molecule has 1 N–H and O–H groups in total. The number of halogens is 1. The molecule has 0 aliphatic carbocycles. The molecule has 0 bridgehead atoms. The molecule has 8 heteroatoms. The number of nitrogens with one attached hydrogen (secondary N) is 1. The fourth-order valence-electron chi connectivity index (χ4n) is 2.25. The van der Waals surface area contributed by atoms with Gasteiger partial charge in [0.25, 0.3) is 0 Å². The summed E-state index contributed by atoms with van der Waals surface area (Å²) in [4.78, 5) is 36.6. The van der Waals surface area contributed by atoms with E-state index < -0.39 is 24.2 Å². The lowest BCUT2D eigenvalue weighted by atomic mass is 10.1. The van der Waals surface area contributed by atoms with Crippen molar-refractivity contribution in [1.29, 1.82) is 0 Å². The number of Topliss-reactive ketones (excluding diaryl/α,β-unsaturated/α-hetero) is 1. The van der Waals surface area contributed by atoms with E-state index in [1.165, 1.54) is 37.5 Å². The Hall–Kier alpha value is -2.74. The van der Waals surface area contributed by atoms with E-state index in [0.29, 0.717) is 10.6 Å². The summed E-state index contributed by atoms with van der Waals surface area (Å²) in [5.74, 6) is -2.25. The smallest absolute Gasteiger partial charge is 0.341 e. The lowest BCUT2D eigenvalue weighted by Crippen LogP contribution is -2.16. The number of aryl methyl sites for hydroxylation is 1. The predicted molar refractivity (Wildman–Crippen MR) is 95.7 cm³/mol. The molecule has 1 aromatic carbocycles. The van der Waals surface area contributed by atoms with E-state index in [1.807, 2.05) is 6.92 Å². The van der Waals surface area contributed by atoms with E-state index in [-0.39, 0.29) is 22.8 Å². The number of ketones is 1. The number of methoxy groups -OCH3 is 1. The van der Waals surface area contributed by atoms with Gasteiger partial charge >= 0.3 is 5.97 Å². The van der Waals surface area contributed by atoms with Crippen molar-refractivity contribution >= 4 is 34.0 Å². The first-order chi connectivity index (χ1) is 12.2. The third kappa shape index (κ3) is 4.26. The number of hydrogen-bond donors (Lipinski definition) is 1. The number of carbonyl (C=O) groups excluding carboxylic acids is 3. The van der Waals surface area contributed by atoms with Gasteiger partial charge in [0.2, 0.25) is 5.91 Å². The Morgan fingerprint density at radius 3 is 2.50 bits per heavy atom. The summed E-state index contributed by atoms with van der Waals surface area (Å²) >= 11 is 1.25. The van der Waals surface area contributed by atoms with Gasteiger partial charge in [0.05, 0.1) is 12.7 Å². The van der Waals surface area contributed by atoms with Crippen LogP contribution in [0.15, 0.2) is 18.2 Å². The zero-order chi connectivity index (χ0) is 19.4. The first-order valence-corrected chi connectivity index (χ1v) is 8.47. The number of anilines is 1. The van der Waals surface area contributed by atoms with Crippen molar-refractivity contribution in [2.24, 2.45) is 0 Å². The first-order valence-electron chi connectivity index (χ1n) is 7.66. The van der Waals surface area contributed by atoms with Crippen molar-refractivity contribution in [1.82, 2.24) is 0 Å². The highest BCUT2D eigenvalue weighted by Crippen LogP contribution is 2.33. The molecule has 0 radical (unpaired) electrons. The largest absolute Gasteiger partial charge is 0.494 e. The summed E-state index contributed by atoms with van der Waals surface area (Å²) in [6.45, 7) is 4.33. The molecule has 26 heavy (non-hydrogen) atoms. The van der Waals surface area contributed by atoms with E-state index >= 15 is 0 Å². The van der Waals surface area contributed by atoms with Crippen LogP contribution in [0.3, 0.4) is 0 Å². The van der Waals surface area contributed by atoms with Crippen LogP contribution in [0.1, 0.15) is 38.1 Å². The quantitative estimate of drug-likeness (QED) is 0.614. The highest BCUT2D eigenvalue weighted by Gasteiger charge is 2.22. The molecule has 6 nitrogen and oxygen atoms in total. The average Bonchev–Trinajstić information content (AvgIpc) is 2.85. The van der Waals surface area contributed by atoms with Crippen LogP contribution < -0.4 is 10.1 Å². The van der Waals surface area contributed by atoms with Gasteiger partial charge in [-0.25, -0.2) is 9.18 Å². The van der Waals surface area contributed by atoms with Crippen LogP contribution >= 0.6 is 11.3 Å². The third-order valence-corrected chi connectivity index (χ3v) is 4.81. The van der Waals surface area contributed by atoms with E-state index in [4.69, 9.17) is 9.47 Å². The highest BCUT2D eigenvalue weighted by molar-refractivity contribution is 7.16. The van der Waals surface area contributed by atoms with Crippen LogP contribution in [0.25, 0.3) is 0 Å². The SMILES string of the molecule is COc1ccc(C(=O)COC(=O)c2c(NC(C)=O)sc(C)c2C)cc1F. The van der Waals surface area contributed by atoms with Gasteiger partial charge in [-0.05, 0) is 37.6 Å². The molecule has 2 rings (SSSR count).